The van der Waals surface area contributed by atoms with Crippen molar-refractivity contribution in [3.05, 3.63) is 59.6 Å². The summed E-state index contributed by atoms with van der Waals surface area (Å²) < 4.78 is 24.3. The Labute approximate surface area is 131 Å². The molecule has 0 saturated heterocycles. The fourth-order valence-electron chi connectivity index (χ4n) is 2.69. The number of hydrogen-bond acceptors (Lipinski definition) is 3. The molecule has 0 saturated carbocycles. The summed E-state index contributed by atoms with van der Waals surface area (Å²) in [5, 5.41) is 3.58. The van der Waals surface area contributed by atoms with E-state index >= 15 is 0 Å². The lowest BCUT2D eigenvalue weighted by Crippen LogP contribution is -2.03. The first-order valence-electron chi connectivity index (χ1n) is 7.04. The van der Waals surface area contributed by atoms with Gasteiger partial charge in [0.1, 0.15) is 22.9 Å². The van der Waals surface area contributed by atoms with Gasteiger partial charge in [-0.1, -0.05) is 0 Å². The Morgan fingerprint density at radius 3 is 2.87 bits per heavy atom. The van der Waals surface area contributed by atoms with E-state index in [-0.39, 0.29) is 11.7 Å². The predicted octanol–water partition coefficient (Wildman–Crippen LogP) is 4.07. The number of amides is 1. The molecular weight excluding hydrogens is 297 g/mol. The molecule has 0 unspecified atom stereocenters. The van der Waals surface area contributed by atoms with Gasteiger partial charge in [-0.25, -0.2) is 4.39 Å². The van der Waals surface area contributed by atoms with E-state index in [9.17, 15) is 9.18 Å². The minimum atomic E-state index is -0.388. The highest BCUT2D eigenvalue weighted by molar-refractivity contribution is 6.34. The van der Waals surface area contributed by atoms with Crippen molar-refractivity contribution < 1.29 is 18.3 Å². The second kappa shape index (κ2) is 4.98. The van der Waals surface area contributed by atoms with Crippen LogP contribution < -0.4 is 10.1 Å². The van der Waals surface area contributed by atoms with Gasteiger partial charge in [-0.3, -0.25) is 4.79 Å². The van der Waals surface area contributed by atoms with Crippen LogP contribution in [-0.4, -0.2) is 13.0 Å². The van der Waals surface area contributed by atoms with Gasteiger partial charge in [-0.2, -0.15) is 0 Å². The second-order valence-electron chi connectivity index (χ2n) is 5.25. The number of hydrogen-bond donors (Lipinski definition) is 1. The minimum absolute atomic E-state index is 0.274. The van der Waals surface area contributed by atoms with Gasteiger partial charge in [-0.15, -0.1) is 0 Å². The number of ether oxygens (including phenoxy) is 1. The number of carbonyl (C=O) groups excluding carboxylic acids is 1. The average Bonchev–Trinajstić information content (AvgIpc) is 3.08. The number of furan rings is 1. The Balaban J connectivity index is 1.81. The van der Waals surface area contributed by atoms with Crippen molar-refractivity contribution in [3.63, 3.8) is 0 Å². The van der Waals surface area contributed by atoms with Gasteiger partial charge in [0, 0.05) is 16.6 Å². The Kier molecular flexibility index (Phi) is 2.94. The molecule has 0 bridgehead atoms. The number of methoxy groups -OCH3 is 1. The SMILES string of the molecule is COc1ccc2oc(/C=C3\C(=O)Nc4ccc(F)cc43)cc2c1. The maximum atomic E-state index is 13.4. The molecule has 0 radical (unpaired) electrons. The lowest BCUT2D eigenvalue weighted by Gasteiger charge is -1.97. The molecule has 1 aromatic heterocycles. The number of rotatable bonds is 2. The van der Waals surface area contributed by atoms with E-state index in [1.54, 1.807) is 31.4 Å². The topological polar surface area (TPSA) is 51.5 Å². The molecule has 1 N–H and O–H groups in total. The number of nitrogens with one attached hydrogen (secondary N) is 1. The molecule has 5 heteroatoms. The van der Waals surface area contributed by atoms with Crippen LogP contribution in [0.25, 0.3) is 22.6 Å². The molecule has 2 aromatic carbocycles. The number of halogens is 1. The molecule has 1 amide bonds. The highest BCUT2D eigenvalue weighted by Crippen LogP contribution is 2.34. The van der Waals surface area contributed by atoms with Gasteiger partial charge < -0.3 is 14.5 Å². The highest BCUT2D eigenvalue weighted by Gasteiger charge is 2.25. The van der Waals surface area contributed by atoms with Crippen LogP contribution in [0.5, 0.6) is 5.75 Å². The first-order valence-corrected chi connectivity index (χ1v) is 7.04. The monoisotopic (exact) mass is 309 g/mol. The Morgan fingerprint density at radius 2 is 2.04 bits per heavy atom. The maximum absolute atomic E-state index is 13.4. The second-order valence-corrected chi connectivity index (χ2v) is 5.25. The van der Waals surface area contributed by atoms with Crippen molar-refractivity contribution in [2.45, 2.75) is 0 Å². The summed E-state index contributed by atoms with van der Waals surface area (Å²) in [6.45, 7) is 0. The molecule has 2 heterocycles. The Bertz CT molecular complexity index is 972. The van der Waals surface area contributed by atoms with Gasteiger partial charge in [0.2, 0.25) is 0 Å². The third-order valence-electron chi connectivity index (χ3n) is 3.79. The molecule has 3 aromatic rings. The van der Waals surface area contributed by atoms with Crippen molar-refractivity contribution >= 4 is 34.2 Å². The fourth-order valence-corrected chi connectivity index (χ4v) is 2.69. The molecule has 23 heavy (non-hydrogen) atoms. The van der Waals surface area contributed by atoms with Crippen molar-refractivity contribution in [2.75, 3.05) is 12.4 Å². The quantitative estimate of drug-likeness (QED) is 0.726. The van der Waals surface area contributed by atoms with Crippen LogP contribution in [0.4, 0.5) is 10.1 Å². The zero-order valence-corrected chi connectivity index (χ0v) is 12.2. The van der Waals surface area contributed by atoms with Crippen LogP contribution in [0.1, 0.15) is 11.3 Å². The molecular formula is C18H12FNO3. The fraction of sp³-hybridized carbons (Fsp3) is 0.0556. The van der Waals surface area contributed by atoms with Gasteiger partial charge in [0.15, 0.2) is 0 Å². The third kappa shape index (κ3) is 2.26. The zero-order valence-electron chi connectivity index (χ0n) is 12.2. The first-order chi connectivity index (χ1) is 11.1. The van der Waals surface area contributed by atoms with Crippen LogP contribution >= 0.6 is 0 Å². The highest BCUT2D eigenvalue weighted by atomic mass is 19.1. The largest absolute Gasteiger partial charge is 0.497 e. The lowest BCUT2D eigenvalue weighted by atomic mass is 10.1. The Morgan fingerprint density at radius 1 is 1.17 bits per heavy atom. The molecule has 4 rings (SSSR count). The number of anilines is 1. The van der Waals surface area contributed by atoms with E-state index in [0.29, 0.717) is 28.2 Å². The van der Waals surface area contributed by atoms with E-state index in [4.69, 9.17) is 9.15 Å². The minimum Gasteiger partial charge on any atom is -0.497 e. The van der Waals surface area contributed by atoms with Gasteiger partial charge in [-0.05, 0) is 48.5 Å². The first kappa shape index (κ1) is 13.6. The Hall–Kier alpha value is -3.08. The zero-order chi connectivity index (χ0) is 16.0. The van der Waals surface area contributed by atoms with Crippen LogP contribution in [0.15, 0.2) is 46.9 Å². The summed E-state index contributed by atoms with van der Waals surface area (Å²) in [7, 11) is 1.60. The summed E-state index contributed by atoms with van der Waals surface area (Å²) in [5.41, 5.74) is 2.20. The summed E-state index contributed by atoms with van der Waals surface area (Å²) in [6.07, 6.45) is 1.62. The lowest BCUT2D eigenvalue weighted by molar-refractivity contribution is -0.110. The molecule has 1 aliphatic rings. The van der Waals surface area contributed by atoms with Crippen molar-refractivity contribution in [1.29, 1.82) is 0 Å². The standard InChI is InChI=1S/C18H12FNO3/c1-22-12-3-5-17-10(6-12)7-13(23-17)9-15-14-8-11(19)2-4-16(14)20-18(15)21/h2-9H,1H3,(H,20,21)/b15-9-. The summed E-state index contributed by atoms with van der Waals surface area (Å²) in [5.74, 6) is 0.586. The van der Waals surface area contributed by atoms with E-state index in [0.717, 1.165) is 11.1 Å². The molecule has 0 fully saturated rings. The summed E-state index contributed by atoms with van der Waals surface area (Å²) in [4.78, 5) is 12.1. The third-order valence-corrected chi connectivity index (χ3v) is 3.79. The van der Waals surface area contributed by atoms with Gasteiger partial charge >= 0.3 is 0 Å². The smallest absolute Gasteiger partial charge is 0.256 e. The van der Waals surface area contributed by atoms with Crippen LogP contribution in [0.2, 0.25) is 0 Å². The molecule has 0 aliphatic carbocycles. The predicted molar refractivity (Wildman–Crippen MR) is 85.7 cm³/mol. The van der Waals surface area contributed by atoms with Crippen molar-refractivity contribution in [2.24, 2.45) is 0 Å². The maximum Gasteiger partial charge on any atom is 0.256 e. The van der Waals surface area contributed by atoms with Crippen molar-refractivity contribution in [3.8, 4) is 5.75 Å². The normalized spacial score (nSPS) is 15.0. The molecule has 0 atom stereocenters. The summed E-state index contributed by atoms with van der Waals surface area (Å²) in [6, 6.07) is 11.5. The van der Waals surface area contributed by atoms with Crippen LogP contribution in [0.3, 0.4) is 0 Å². The van der Waals surface area contributed by atoms with E-state index in [1.165, 1.54) is 12.1 Å². The molecule has 114 valence electrons. The van der Waals surface area contributed by atoms with Crippen molar-refractivity contribution in [1.82, 2.24) is 0 Å². The molecule has 0 spiro atoms. The van der Waals surface area contributed by atoms with Crippen LogP contribution in [-0.2, 0) is 4.79 Å². The molecule has 4 nitrogen and oxygen atoms in total. The van der Waals surface area contributed by atoms with E-state index in [1.807, 2.05) is 12.1 Å². The molecule has 1 aliphatic heterocycles. The van der Waals surface area contributed by atoms with Crippen LogP contribution in [0, 0.1) is 5.82 Å². The average molecular weight is 309 g/mol. The van der Waals surface area contributed by atoms with E-state index < -0.39 is 0 Å². The van der Waals surface area contributed by atoms with Gasteiger partial charge in [0.05, 0.1) is 12.7 Å². The number of benzene rings is 2. The number of carbonyl (C=O) groups is 1. The van der Waals surface area contributed by atoms with Gasteiger partial charge in [0.25, 0.3) is 5.91 Å². The number of fused-ring (bicyclic) bond motifs is 2. The summed E-state index contributed by atoms with van der Waals surface area (Å²) >= 11 is 0. The van der Waals surface area contributed by atoms with E-state index in [2.05, 4.69) is 5.32 Å².